The molecule has 1 saturated heterocycles. The van der Waals surface area contributed by atoms with Crippen LogP contribution in [0.4, 0.5) is 4.39 Å². The van der Waals surface area contributed by atoms with Crippen molar-refractivity contribution >= 4 is 17.5 Å². The van der Waals surface area contributed by atoms with E-state index >= 15 is 0 Å². The molecule has 1 heterocycles. The minimum Gasteiger partial charge on any atom is -0.373 e. The summed E-state index contributed by atoms with van der Waals surface area (Å²) >= 11 is 5.67. The van der Waals surface area contributed by atoms with Crippen molar-refractivity contribution in [2.24, 2.45) is 5.41 Å². The fourth-order valence-corrected chi connectivity index (χ4v) is 2.08. The fraction of sp³-hybridized carbons (Fsp3) is 0.900. The molecular formula is C10H15ClFNO2. The highest BCUT2D eigenvalue weighted by molar-refractivity contribution is 6.18. The van der Waals surface area contributed by atoms with Crippen LogP contribution < -0.4 is 0 Å². The lowest BCUT2D eigenvalue weighted by atomic mass is 10.1. The zero-order valence-electron chi connectivity index (χ0n) is 8.71. The van der Waals surface area contributed by atoms with Gasteiger partial charge in [-0.05, 0) is 13.3 Å². The van der Waals surface area contributed by atoms with Gasteiger partial charge in [-0.3, -0.25) is 4.79 Å². The van der Waals surface area contributed by atoms with E-state index in [1.165, 1.54) is 0 Å². The topological polar surface area (TPSA) is 29.5 Å². The van der Waals surface area contributed by atoms with E-state index in [4.69, 9.17) is 16.3 Å². The molecule has 0 bridgehead atoms. The summed E-state index contributed by atoms with van der Waals surface area (Å²) in [5.74, 6) is 0.285. The van der Waals surface area contributed by atoms with Crippen molar-refractivity contribution in [1.82, 2.24) is 4.90 Å². The maximum Gasteiger partial charge on any atom is 0.231 e. The maximum atomic E-state index is 13.0. The van der Waals surface area contributed by atoms with Gasteiger partial charge in [-0.25, -0.2) is 4.39 Å². The number of morpholine rings is 1. The fourth-order valence-electron chi connectivity index (χ4n) is 1.89. The van der Waals surface area contributed by atoms with E-state index in [-0.39, 0.29) is 12.0 Å². The van der Waals surface area contributed by atoms with E-state index in [1.807, 2.05) is 0 Å². The lowest BCUT2D eigenvalue weighted by Gasteiger charge is -2.33. The average molecular weight is 236 g/mol. The molecule has 3 atom stereocenters. The van der Waals surface area contributed by atoms with Crippen LogP contribution in [-0.4, -0.2) is 48.7 Å². The van der Waals surface area contributed by atoms with E-state index in [0.717, 1.165) is 0 Å². The summed E-state index contributed by atoms with van der Waals surface area (Å²) in [4.78, 5) is 13.6. The third kappa shape index (κ3) is 1.97. The van der Waals surface area contributed by atoms with Crippen LogP contribution in [0.3, 0.4) is 0 Å². The quantitative estimate of drug-likeness (QED) is 0.674. The van der Waals surface area contributed by atoms with E-state index in [2.05, 4.69) is 0 Å². The molecule has 3 nitrogen and oxygen atoms in total. The Hall–Kier alpha value is -0.350. The molecular weight excluding hydrogens is 221 g/mol. The molecule has 2 aliphatic rings. The minimum atomic E-state index is -0.970. The molecule has 15 heavy (non-hydrogen) atoms. The number of hydrogen-bond acceptors (Lipinski definition) is 2. The van der Waals surface area contributed by atoms with Crippen LogP contribution in [0, 0.1) is 5.41 Å². The number of halogens is 2. The second-order valence-corrected chi connectivity index (χ2v) is 4.80. The van der Waals surface area contributed by atoms with Gasteiger partial charge < -0.3 is 9.64 Å². The summed E-state index contributed by atoms with van der Waals surface area (Å²) in [6.07, 6.45) is -0.721. The van der Waals surface area contributed by atoms with Crippen molar-refractivity contribution in [3.05, 3.63) is 0 Å². The van der Waals surface area contributed by atoms with Gasteiger partial charge in [0.25, 0.3) is 0 Å². The molecule has 86 valence electrons. The summed E-state index contributed by atoms with van der Waals surface area (Å²) in [6, 6.07) is 0. The molecule has 0 aromatic rings. The highest BCUT2D eigenvalue weighted by Crippen LogP contribution is 2.49. The molecule has 1 aliphatic heterocycles. The Morgan fingerprint density at radius 2 is 2.40 bits per heavy atom. The van der Waals surface area contributed by atoms with Crippen LogP contribution in [0.1, 0.15) is 13.3 Å². The second kappa shape index (κ2) is 3.91. The third-order valence-corrected chi connectivity index (χ3v) is 3.57. The predicted octanol–water partition coefficient (Wildman–Crippen LogP) is 1.20. The maximum absolute atomic E-state index is 13.0. The lowest BCUT2D eigenvalue weighted by Crippen LogP contribution is -2.48. The van der Waals surface area contributed by atoms with Crippen LogP contribution in [0.2, 0.25) is 0 Å². The van der Waals surface area contributed by atoms with Crippen LogP contribution in [0.25, 0.3) is 0 Å². The Labute approximate surface area is 93.5 Å². The van der Waals surface area contributed by atoms with Gasteiger partial charge in [0.05, 0.1) is 24.0 Å². The number of ether oxygens (including phenoxy) is 1. The molecule has 2 rings (SSSR count). The van der Waals surface area contributed by atoms with Crippen molar-refractivity contribution in [3.8, 4) is 0 Å². The van der Waals surface area contributed by atoms with Gasteiger partial charge >= 0.3 is 0 Å². The summed E-state index contributed by atoms with van der Waals surface area (Å²) in [5.41, 5.74) is -0.770. The largest absolute Gasteiger partial charge is 0.373 e. The van der Waals surface area contributed by atoms with E-state index in [9.17, 15) is 9.18 Å². The number of carbonyl (C=O) groups excluding carboxylic acids is 1. The normalized spacial score (nSPS) is 40.3. The molecule has 0 aromatic carbocycles. The van der Waals surface area contributed by atoms with Gasteiger partial charge in [-0.2, -0.15) is 0 Å². The first-order valence-electron chi connectivity index (χ1n) is 5.19. The Bertz CT molecular complexity index is 276. The lowest BCUT2D eigenvalue weighted by molar-refractivity contribution is -0.143. The Kier molecular flexibility index (Phi) is 2.90. The Balaban J connectivity index is 1.96. The molecule has 1 amide bonds. The SMILES string of the molecule is CC1(C(=O)N2CCOC(CCl)C2)CC1F. The van der Waals surface area contributed by atoms with Gasteiger partial charge in [0.1, 0.15) is 6.17 Å². The summed E-state index contributed by atoms with van der Waals surface area (Å²) in [7, 11) is 0. The standard InChI is InChI=1S/C10H15ClFNO2/c1-10(4-8(10)12)9(14)13-2-3-15-7(5-11)6-13/h7-8H,2-6H2,1H3. The van der Waals surface area contributed by atoms with Crippen LogP contribution in [0.5, 0.6) is 0 Å². The van der Waals surface area contributed by atoms with E-state index in [1.54, 1.807) is 11.8 Å². The Morgan fingerprint density at radius 1 is 1.73 bits per heavy atom. The molecule has 3 unspecified atom stereocenters. The molecule has 0 N–H and O–H groups in total. The van der Waals surface area contributed by atoms with Crippen molar-refractivity contribution in [1.29, 1.82) is 0 Å². The van der Waals surface area contributed by atoms with Gasteiger partial charge in [0.2, 0.25) is 5.91 Å². The molecule has 1 aliphatic carbocycles. The molecule has 2 fully saturated rings. The number of amides is 1. The van der Waals surface area contributed by atoms with Gasteiger partial charge in [-0.15, -0.1) is 11.6 Å². The highest BCUT2D eigenvalue weighted by atomic mass is 35.5. The van der Waals surface area contributed by atoms with Gasteiger partial charge in [0.15, 0.2) is 0 Å². The van der Waals surface area contributed by atoms with Crippen molar-refractivity contribution in [3.63, 3.8) is 0 Å². The summed E-state index contributed by atoms with van der Waals surface area (Å²) in [6.45, 7) is 3.22. The number of rotatable bonds is 2. The second-order valence-electron chi connectivity index (χ2n) is 4.49. The van der Waals surface area contributed by atoms with Gasteiger partial charge in [-0.1, -0.05) is 0 Å². The number of nitrogens with zero attached hydrogens (tertiary/aromatic N) is 1. The average Bonchev–Trinajstić information content (AvgIpc) is 2.87. The number of alkyl halides is 2. The number of hydrogen-bond donors (Lipinski definition) is 0. The molecule has 5 heteroatoms. The first-order chi connectivity index (χ1) is 7.08. The highest BCUT2D eigenvalue weighted by Gasteiger charge is 2.58. The van der Waals surface area contributed by atoms with E-state index in [0.29, 0.717) is 32.0 Å². The van der Waals surface area contributed by atoms with E-state index < -0.39 is 11.6 Å². The Morgan fingerprint density at radius 3 is 2.93 bits per heavy atom. The first-order valence-corrected chi connectivity index (χ1v) is 5.72. The van der Waals surface area contributed by atoms with Crippen molar-refractivity contribution < 1.29 is 13.9 Å². The smallest absolute Gasteiger partial charge is 0.231 e. The molecule has 0 spiro atoms. The monoisotopic (exact) mass is 235 g/mol. The minimum absolute atomic E-state index is 0.0894. The van der Waals surface area contributed by atoms with Crippen molar-refractivity contribution in [2.75, 3.05) is 25.6 Å². The zero-order chi connectivity index (χ0) is 11.1. The molecule has 1 saturated carbocycles. The van der Waals surface area contributed by atoms with Crippen LogP contribution in [0.15, 0.2) is 0 Å². The van der Waals surface area contributed by atoms with Crippen molar-refractivity contribution in [2.45, 2.75) is 25.6 Å². The summed E-state index contributed by atoms with van der Waals surface area (Å²) < 4.78 is 18.4. The third-order valence-electron chi connectivity index (χ3n) is 3.22. The zero-order valence-corrected chi connectivity index (χ0v) is 9.47. The first kappa shape index (κ1) is 11.1. The van der Waals surface area contributed by atoms with Crippen LogP contribution in [-0.2, 0) is 9.53 Å². The van der Waals surface area contributed by atoms with Gasteiger partial charge in [0, 0.05) is 13.1 Å². The van der Waals surface area contributed by atoms with Crippen LogP contribution >= 0.6 is 11.6 Å². The predicted molar refractivity (Wildman–Crippen MR) is 54.7 cm³/mol. The number of carbonyl (C=O) groups is 1. The molecule has 0 radical (unpaired) electrons. The molecule has 0 aromatic heterocycles. The summed E-state index contributed by atoms with van der Waals surface area (Å²) in [5, 5.41) is 0.